The normalized spacial score (nSPS) is 10.8. The lowest BCUT2D eigenvalue weighted by Gasteiger charge is -2.24. The Morgan fingerprint density at radius 1 is 1.07 bits per heavy atom. The first-order valence-corrected chi connectivity index (χ1v) is 8.79. The van der Waals surface area contributed by atoms with E-state index in [-0.39, 0.29) is 6.61 Å². The van der Waals surface area contributed by atoms with E-state index in [0.717, 1.165) is 5.56 Å². The summed E-state index contributed by atoms with van der Waals surface area (Å²) in [4.78, 5) is 28.6. The first-order chi connectivity index (χ1) is 13.4. The van der Waals surface area contributed by atoms with E-state index in [1.54, 1.807) is 33.1 Å². The Hall–Kier alpha value is -3.13. The highest BCUT2D eigenvalue weighted by Crippen LogP contribution is 2.14. The molecule has 2 amide bonds. The van der Waals surface area contributed by atoms with Crippen molar-refractivity contribution in [2.45, 2.75) is 26.0 Å². The van der Waals surface area contributed by atoms with Gasteiger partial charge >= 0.3 is 6.09 Å². The highest BCUT2D eigenvalue weighted by molar-refractivity contribution is 5.99. The van der Waals surface area contributed by atoms with Crippen molar-refractivity contribution >= 4 is 17.7 Å². The SMILES string of the molecule is COCCOc1ccc(NC(=O)C(C)(C)NC(=O)OCc2ccccc2)cn1. The maximum atomic E-state index is 12.5. The summed E-state index contributed by atoms with van der Waals surface area (Å²) in [5, 5.41) is 5.26. The molecule has 0 aliphatic rings. The molecule has 0 radical (unpaired) electrons. The van der Waals surface area contributed by atoms with Crippen LogP contribution in [0.1, 0.15) is 19.4 Å². The number of pyridine rings is 1. The standard InChI is InChI=1S/C20H25N3O5/c1-20(2,23-19(25)28-14-15-7-5-4-6-8-15)18(24)22-16-9-10-17(21-13-16)27-12-11-26-3/h4-10,13H,11-12,14H2,1-3H3,(H,22,24)(H,23,25). The second kappa shape index (κ2) is 10.3. The molecule has 0 aliphatic carbocycles. The maximum absolute atomic E-state index is 12.5. The van der Waals surface area contributed by atoms with E-state index in [0.29, 0.717) is 24.8 Å². The number of rotatable bonds is 9. The lowest BCUT2D eigenvalue weighted by Crippen LogP contribution is -2.52. The molecule has 0 aliphatic heterocycles. The third-order valence-electron chi connectivity index (χ3n) is 3.73. The molecule has 8 nitrogen and oxygen atoms in total. The number of amides is 2. The zero-order valence-corrected chi connectivity index (χ0v) is 16.2. The first kappa shape index (κ1) is 21.2. The molecule has 0 saturated carbocycles. The second-order valence-electron chi connectivity index (χ2n) is 6.49. The molecule has 2 N–H and O–H groups in total. The monoisotopic (exact) mass is 387 g/mol. The molecule has 1 heterocycles. The van der Waals surface area contributed by atoms with Crippen LogP contribution < -0.4 is 15.4 Å². The average molecular weight is 387 g/mol. The number of benzene rings is 1. The molecule has 0 bridgehead atoms. The van der Waals surface area contributed by atoms with Gasteiger partial charge in [-0.05, 0) is 25.5 Å². The molecular formula is C20H25N3O5. The number of hydrogen-bond donors (Lipinski definition) is 2. The summed E-state index contributed by atoms with van der Waals surface area (Å²) in [5.41, 5.74) is 0.164. The van der Waals surface area contributed by atoms with Gasteiger partial charge in [-0.15, -0.1) is 0 Å². The van der Waals surface area contributed by atoms with Crippen molar-refractivity contribution in [3.8, 4) is 5.88 Å². The summed E-state index contributed by atoms with van der Waals surface area (Å²) in [6, 6.07) is 12.6. The molecule has 1 aromatic heterocycles. The number of nitrogens with one attached hydrogen (secondary N) is 2. The molecule has 150 valence electrons. The average Bonchev–Trinajstić information content (AvgIpc) is 2.68. The molecule has 8 heteroatoms. The first-order valence-electron chi connectivity index (χ1n) is 8.79. The Morgan fingerprint density at radius 2 is 1.82 bits per heavy atom. The van der Waals surface area contributed by atoms with Gasteiger partial charge in [-0.1, -0.05) is 30.3 Å². The van der Waals surface area contributed by atoms with Gasteiger partial charge in [0.05, 0.1) is 18.5 Å². The van der Waals surface area contributed by atoms with Crippen LogP contribution >= 0.6 is 0 Å². The lowest BCUT2D eigenvalue weighted by molar-refractivity contribution is -0.121. The number of methoxy groups -OCH3 is 1. The number of aromatic nitrogens is 1. The van der Waals surface area contributed by atoms with Crippen molar-refractivity contribution < 1.29 is 23.8 Å². The lowest BCUT2D eigenvalue weighted by atomic mass is 10.1. The van der Waals surface area contributed by atoms with Gasteiger partial charge in [-0.3, -0.25) is 4.79 Å². The topological polar surface area (TPSA) is 98.8 Å². The predicted molar refractivity (Wildman–Crippen MR) is 104 cm³/mol. The van der Waals surface area contributed by atoms with Gasteiger partial charge in [-0.25, -0.2) is 9.78 Å². The van der Waals surface area contributed by atoms with E-state index in [1.165, 1.54) is 6.20 Å². The van der Waals surface area contributed by atoms with Crippen LogP contribution in [0, 0.1) is 0 Å². The van der Waals surface area contributed by atoms with Gasteiger partial charge in [0.1, 0.15) is 18.8 Å². The Kier molecular flexibility index (Phi) is 7.76. The van der Waals surface area contributed by atoms with E-state index in [2.05, 4.69) is 15.6 Å². The minimum absolute atomic E-state index is 0.124. The maximum Gasteiger partial charge on any atom is 0.408 e. The Morgan fingerprint density at radius 3 is 2.46 bits per heavy atom. The Labute approximate surface area is 164 Å². The van der Waals surface area contributed by atoms with Crippen molar-refractivity contribution in [3.05, 3.63) is 54.2 Å². The highest BCUT2D eigenvalue weighted by Gasteiger charge is 2.30. The fraction of sp³-hybridized carbons (Fsp3) is 0.350. The smallest absolute Gasteiger partial charge is 0.408 e. The van der Waals surface area contributed by atoms with Gasteiger partial charge in [0.2, 0.25) is 11.8 Å². The van der Waals surface area contributed by atoms with Crippen LogP contribution in [0.15, 0.2) is 48.7 Å². The fourth-order valence-electron chi connectivity index (χ4n) is 2.13. The summed E-state index contributed by atoms with van der Waals surface area (Å²) < 4.78 is 15.4. The van der Waals surface area contributed by atoms with Crippen LogP contribution in [0.5, 0.6) is 5.88 Å². The van der Waals surface area contributed by atoms with E-state index in [1.807, 2.05) is 30.3 Å². The minimum atomic E-state index is -1.18. The van der Waals surface area contributed by atoms with Crippen molar-refractivity contribution in [3.63, 3.8) is 0 Å². The summed E-state index contributed by atoms with van der Waals surface area (Å²) >= 11 is 0. The summed E-state index contributed by atoms with van der Waals surface area (Å²) in [5.74, 6) is 0.0240. The number of carbonyl (C=O) groups is 2. The number of ether oxygens (including phenoxy) is 3. The van der Waals surface area contributed by atoms with E-state index < -0.39 is 17.5 Å². The van der Waals surface area contributed by atoms with E-state index >= 15 is 0 Å². The third kappa shape index (κ3) is 6.88. The summed E-state index contributed by atoms with van der Waals surface area (Å²) in [6.45, 7) is 4.14. The van der Waals surface area contributed by atoms with Crippen LogP contribution in [-0.4, -0.2) is 42.8 Å². The van der Waals surface area contributed by atoms with Crippen LogP contribution in [-0.2, 0) is 20.9 Å². The second-order valence-corrected chi connectivity index (χ2v) is 6.49. The van der Waals surface area contributed by atoms with Gasteiger partial charge in [0, 0.05) is 13.2 Å². The largest absolute Gasteiger partial charge is 0.475 e. The molecule has 0 atom stereocenters. The molecule has 0 fully saturated rings. The van der Waals surface area contributed by atoms with Gasteiger partial charge in [0.25, 0.3) is 0 Å². The minimum Gasteiger partial charge on any atom is -0.475 e. The number of hydrogen-bond acceptors (Lipinski definition) is 6. The van der Waals surface area contributed by atoms with Crippen LogP contribution in [0.25, 0.3) is 0 Å². The van der Waals surface area contributed by atoms with Crippen LogP contribution in [0.2, 0.25) is 0 Å². The molecule has 0 spiro atoms. The van der Waals surface area contributed by atoms with E-state index in [4.69, 9.17) is 14.2 Å². The Bertz CT molecular complexity index is 763. The third-order valence-corrected chi connectivity index (χ3v) is 3.73. The number of anilines is 1. The number of alkyl carbamates (subject to hydrolysis) is 1. The molecule has 2 aromatic rings. The summed E-state index contributed by atoms with van der Waals surface area (Å²) in [6.07, 6.45) is 0.799. The Balaban J connectivity index is 1.83. The van der Waals surface area contributed by atoms with Gasteiger partial charge < -0.3 is 24.8 Å². The summed E-state index contributed by atoms with van der Waals surface area (Å²) in [7, 11) is 1.59. The van der Waals surface area contributed by atoms with Crippen molar-refractivity contribution in [1.29, 1.82) is 0 Å². The molecule has 2 rings (SSSR count). The van der Waals surface area contributed by atoms with Crippen molar-refractivity contribution in [2.75, 3.05) is 25.6 Å². The van der Waals surface area contributed by atoms with Crippen molar-refractivity contribution in [1.82, 2.24) is 10.3 Å². The predicted octanol–water partition coefficient (Wildman–Crippen LogP) is 2.75. The fourth-order valence-corrected chi connectivity index (χ4v) is 2.13. The van der Waals surface area contributed by atoms with E-state index in [9.17, 15) is 9.59 Å². The van der Waals surface area contributed by atoms with Crippen molar-refractivity contribution in [2.24, 2.45) is 0 Å². The highest BCUT2D eigenvalue weighted by atomic mass is 16.5. The van der Waals surface area contributed by atoms with Crippen LogP contribution in [0.3, 0.4) is 0 Å². The molecular weight excluding hydrogens is 362 g/mol. The molecule has 1 aromatic carbocycles. The zero-order chi connectivity index (χ0) is 20.4. The van der Waals surface area contributed by atoms with Gasteiger partial charge in [-0.2, -0.15) is 0 Å². The quantitative estimate of drug-likeness (QED) is 0.642. The zero-order valence-electron chi connectivity index (χ0n) is 16.2. The molecule has 28 heavy (non-hydrogen) atoms. The number of carbonyl (C=O) groups excluding carboxylic acids is 2. The van der Waals surface area contributed by atoms with Gasteiger partial charge in [0.15, 0.2) is 0 Å². The molecule has 0 unspecified atom stereocenters. The van der Waals surface area contributed by atoms with Crippen LogP contribution in [0.4, 0.5) is 10.5 Å². The number of nitrogens with zero attached hydrogens (tertiary/aromatic N) is 1. The molecule has 0 saturated heterocycles.